The van der Waals surface area contributed by atoms with Crippen molar-refractivity contribution in [2.75, 3.05) is 31.1 Å². The second-order valence-corrected chi connectivity index (χ2v) is 6.71. The van der Waals surface area contributed by atoms with Gasteiger partial charge in [-0.1, -0.05) is 35.5 Å². The van der Waals surface area contributed by atoms with Crippen LogP contribution in [-0.4, -0.2) is 57.4 Å². The molecule has 4 rings (SSSR count). The molecule has 7 heteroatoms. The smallest absolute Gasteiger partial charge is 0.263 e. The van der Waals surface area contributed by atoms with Crippen molar-refractivity contribution >= 4 is 16.9 Å². The highest BCUT2D eigenvalue weighted by atomic mass is 16.5. The second-order valence-electron chi connectivity index (χ2n) is 6.71. The van der Waals surface area contributed by atoms with Crippen molar-refractivity contribution in [1.82, 2.24) is 20.0 Å². The lowest BCUT2D eigenvalue weighted by molar-refractivity contribution is 0.135. The first-order valence-corrected chi connectivity index (χ1v) is 8.97. The van der Waals surface area contributed by atoms with Crippen LogP contribution in [0.5, 0.6) is 0 Å². The Balaban J connectivity index is 1.56. The Morgan fingerprint density at radius 2 is 2.04 bits per heavy atom. The van der Waals surface area contributed by atoms with Crippen molar-refractivity contribution in [3.05, 3.63) is 47.9 Å². The van der Waals surface area contributed by atoms with Gasteiger partial charge in [0.1, 0.15) is 17.5 Å². The number of piperazine rings is 1. The van der Waals surface area contributed by atoms with Gasteiger partial charge in [0, 0.05) is 38.8 Å². The third kappa shape index (κ3) is 3.27. The van der Waals surface area contributed by atoms with Crippen molar-refractivity contribution in [3.63, 3.8) is 0 Å². The van der Waals surface area contributed by atoms with Gasteiger partial charge in [-0.3, -0.25) is 4.90 Å². The van der Waals surface area contributed by atoms with Gasteiger partial charge >= 0.3 is 0 Å². The zero-order chi connectivity index (χ0) is 17.9. The summed E-state index contributed by atoms with van der Waals surface area (Å²) in [4.78, 5) is 13.4. The van der Waals surface area contributed by atoms with Crippen LogP contribution in [0.15, 0.2) is 41.2 Å². The number of hydrogen-bond acceptors (Lipinski definition) is 7. The summed E-state index contributed by atoms with van der Waals surface area (Å²) in [7, 11) is 0. The molecule has 0 amide bonds. The minimum atomic E-state index is 0.176. The molecule has 0 unspecified atom stereocenters. The Kier molecular flexibility index (Phi) is 4.81. The molecule has 2 aromatic heterocycles. The standard InChI is InChI=1S/C19H23N5O2/c1-14-17-18(20-13-21-19(17)26-22-14)24-9-8-23(16(12-24)7-10-25)11-15-5-3-2-4-6-15/h2-6,13,16,25H,7-12H2,1H3/t16-/m0/s1. The molecule has 136 valence electrons. The van der Waals surface area contributed by atoms with Gasteiger partial charge in [0.25, 0.3) is 5.71 Å². The molecule has 1 aliphatic heterocycles. The monoisotopic (exact) mass is 353 g/mol. The third-order valence-electron chi connectivity index (χ3n) is 5.02. The molecule has 3 aromatic rings. The van der Waals surface area contributed by atoms with Gasteiger partial charge in [-0.15, -0.1) is 0 Å². The molecule has 1 saturated heterocycles. The molecule has 26 heavy (non-hydrogen) atoms. The summed E-state index contributed by atoms with van der Waals surface area (Å²) in [5, 5.41) is 14.5. The van der Waals surface area contributed by atoms with Gasteiger partial charge in [-0.2, -0.15) is 4.98 Å². The topological polar surface area (TPSA) is 78.5 Å². The van der Waals surface area contributed by atoms with Crippen LogP contribution < -0.4 is 4.90 Å². The fourth-order valence-electron chi connectivity index (χ4n) is 3.68. The predicted molar refractivity (Wildman–Crippen MR) is 98.9 cm³/mol. The Morgan fingerprint density at radius 3 is 2.85 bits per heavy atom. The van der Waals surface area contributed by atoms with Crippen LogP contribution in [0, 0.1) is 6.92 Å². The number of aromatic nitrogens is 3. The van der Waals surface area contributed by atoms with Crippen molar-refractivity contribution in [1.29, 1.82) is 0 Å². The highest BCUT2D eigenvalue weighted by Gasteiger charge is 2.29. The van der Waals surface area contributed by atoms with E-state index in [9.17, 15) is 5.11 Å². The molecule has 7 nitrogen and oxygen atoms in total. The molecule has 3 heterocycles. The number of hydrogen-bond donors (Lipinski definition) is 1. The first kappa shape index (κ1) is 16.9. The van der Waals surface area contributed by atoms with Crippen LogP contribution in [0.1, 0.15) is 17.7 Å². The van der Waals surface area contributed by atoms with Crippen molar-refractivity contribution < 1.29 is 9.63 Å². The molecular formula is C19H23N5O2. The number of nitrogens with zero attached hydrogens (tertiary/aromatic N) is 5. The van der Waals surface area contributed by atoms with Crippen LogP contribution in [-0.2, 0) is 6.54 Å². The first-order valence-electron chi connectivity index (χ1n) is 8.97. The third-order valence-corrected chi connectivity index (χ3v) is 5.02. The van der Waals surface area contributed by atoms with E-state index in [1.54, 1.807) is 0 Å². The summed E-state index contributed by atoms with van der Waals surface area (Å²) < 4.78 is 5.28. The molecule has 1 aliphatic rings. The quantitative estimate of drug-likeness (QED) is 0.751. The highest BCUT2D eigenvalue weighted by Crippen LogP contribution is 2.28. The Bertz CT molecular complexity index is 867. The van der Waals surface area contributed by atoms with E-state index in [1.165, 1.54) is 11.9 Å². The molecule has 0 saturated carbocycles. The van der Waals surface area contributed by atoms with E-state index in [1.807, 2.05) is 13.0 Å². The predicted octanol–water partition coefficient (Wildman–Crippen LogP) is 2.00. The van der Waals surface area contributed by atoms with Crippen LogP contribution in [0.3, 0.4) is 0 Å². The molecule has 0 bridgehead atoms. The van der Waals surface area contributed by atoms with E-state index < -0.39 is 0 Å². The SMILES string of the molecule is Cc1noc2ncnc(N3CCN(Cc4ccccc4)[C@@H](CCO)C3)c12. The fraction of sp³-hybridized carbons (Fsp3) is 0.421. The van der Waals surface area contributed by atoms with Crippen molar-refractivity contribution in [2.45, 2.75) is 25.9 Å². The summed E-state index contributed by atoms with van der Waals surface area (Å²) in [6.07, 6.45) is 2.26. The summed E-state index contributed by atoms with van der Waals surface area (Å²) in [5.41, 5.74) is 2.63. The second kappa shape index (κ2) is 7.39. The molecule has 1 aromatic carbocycles. The largest absolute Gasteiger partial charge is 0.396 e. The Hall–Kier alpha value is -2.51. The number of aliphatic hydroxyl groups excluding tert-OH is 1. The maximum Gasteiger partial charge on any atom is 0.263 e. The summed E-state index contributed by atoms with van der Waals surface area (Å²) in [6.45, 7) is 5.57. The minimum absolute atomic E-state index is 0.176. The maximum atomic E-state index is 9.55. The Morgan fingerprint density at radius 1 is 1.19 bits per heavy atom. The maximum absolute atomic E-state index is 9.55. The summed E-state index contributed by atoms with van der Waals surface area (Å²) in [6, 6.07) is 10.7. The van der Waals surface area contributed by atoms with Crippen LogP contribution in [0.25, 0.3) is 11.1 Å². The van der Waals surface area contributed by atoms with E-state index in [-0.39, 0.29) is 12.6 Å². The van der Waals surface area contributed by atoms with Crippen LogP contribution in [0.2, 0.25) is 0 Å². The van der Waals surface area contributed by atoms with Crippen LogP contribution >= 0.6 is 0 Å². The Labute approximate surface area is 152 Å². The average Bonchev–Trinajstić information content (AvgIpc) is 3.06. The number of anilines is 1. The van der Waals surface area contributed by atoms with Gasteiger partial charge in [0.2, 0.25) is 0 Å². The summed E-state index contributed by atoms with van der Waals surface area (Å²) in [5.74, 6) is 0.871. The van der Waals surface area contributed by atoms with Gasteiger partial charge in [0.05, 0.1) is 5.69 Å². The van der Waals surface area contributed by atoms with Gasteiger partial charge in [0.15, 0.2) is 0 Å². The normalized spacial score (nSPS) is 18.5. The van der Waals surface area contributed by atoms with Crippen molar-refractivity contribution in [2.24, 2.45) is 0 Å². The number of benzene rings is 1. The molecule has 0 spiro atoms. The first-order chi connectivity index (χ1) is 12.8. The van der Waals surface area contributed by atoms with E-state index >= 15 is 0 Å². The summed E-state index contributed by atoms with van der Waals surface area (Å²) >= 11 is 0. The molecule has 0 aliphatic carbocycles. The lowest BCUT2D eigenvalue weighted by Gasteiger charge is -2.42. The number of aryl methyl sites for hydroxylation is 1. The lowest BCUT2D eigenvalue weighted by Crippen LogP contribution is -2.53. The average molecular weight is 353 g/mol. The number of aliphatic hydroxyl groups is 1. The number of rotatable bonds is 5. The fourth-order valence-corrected chi connectivity index (χ4v) is 3.68. The molecular weight excluding hydrogens is 330 g/mol. The van der Waals surface area contributed by atoms with E-state index in [4.69, 9.17) is 4.52 Å². The molecule has 0 radical (unpaired) electrons. The lowest BCUT2D eigenvalue weighted by atomic mass is 10.1. The molecule has 1 N–H and O–H groups in total. The van der Waals surface area contributed by atoms with Gasteiger partial charge < -0.3 is 14.5 Å². The van der Waals surface area contributed by atoms with Gasteiger partial charge in [-0.05, 0) is 18.9 Å². The zero-order valence-electron chi connectivity index (χ0n) is 14.9. The molecule has 1 fully saturated rings. The van der Waals surface area contributed by atoms with Crippen molar-refractivity contribution in [3.8, 4) is 0 Å². The van der Waals surface area contributed by atoms with E-state index in [0.29, 0.717) is 5.71 Å². The number of fused-ring (bicyclic) bond motifs is 1. The van der Waals surface area contributed by atoms with E-state index in [2.05, 4.69) is 49.2 Å². The van der Waals surface area contributed by atoms with E-state index in [0.717, 1.165) is 49.5 Å². The van der Waals surface area contributed by atoms with Gasteiger partial charge in [-0.25, -0.2) is 4.98 Å². The minimum Gasteiger partial charge on any atom is -0.396 e. The van der Waals surface area contributed by atoms with Crippen LogP contribution in [0.4, 0.5) is 5.82 Å². The highest BCUT2D eigenvalue weighted by molar-refractivity contribution is 5.87. The molecule has 1 atom stereocenters. The zero-order valence-corrected chi connectivity index (χ0v) is 14.9.